The predicted octanol–water partition coefficient (Wildman–Crippen LogP) is 2.16. The van der Waals surface area contributed by atoms with Gasteiger partial charge in [-0.3, -0.25) is 4.79 Å². The van der Waals surface area contributed by atoms with Gasteiger partial charge < -0.3 is 4.74 Å². The summed E-state index contributed by atoms with van der Waals surface area (Å²) in [5.41, 5.74) is 0. The van der Waals surface area contributed by atoms with Gasteiger partial charge in [0, 0.05) is 0 Å². The van der Waals surface area contributed by atoms with Gasteiger partial charge in [0.15, 0.2) is 11.3 Å². The number of ether oxygens (including phenoxy) is 1. The molecule has 60 valence electrons. The van der Waals surface area contributed by atoms with Crippen LogP contribution in [-0.2, 0) is 0 Å². The lowest BCUT2D eigenvalue weighted by Crippen LogP contribution is -1.99. The summed E-state index contributed by atoms with van der Waals surface area (Å²) in [6.07, 6.45) is 0.586. The first-order valence-corrected chi connectivity index (χ1v) is 3.54. The molecule has 0 saturated carbocycles. The van der Waals surface area contributed by atoms with Crippen LogP contribution in [0.15, 0.2) is 12.1 Å². The Balaban J connectivity index is 2.65. The zero-order chi connectivity index (χ0) is 8.27. The second kappa shape index (κ2) is 3.43. The first-order valence-electron chi connectivity index (χ1n) is 2.72. The lowest BCUT2D eigenvalue weighted by molar-refractivity contribution is -0.0471. The zero-order valence-electron chi connectivity index (χ0n) is 5.29. The summed E-state index contributed by atoms with van der Waals surface area (Å²) in [6.45, 7) is -2.83. The molecule has 11 heavy (non-hydrogen) atoms. The second-order valence-corrected chi connectivity index (χ2v) is 2.73. The van der Waals surface area contributed by atoms with E-state index in [4.69, 9.17) is 0 Å². The molecule has 0 aliphatic rings. The molecular weight excluding hydrogens is 174 g/mol. The van der Waals surface area contributed by atoms with Crippen LogP contribution >= 0.6 is 11.3 Å². The Morgan fingerprint density at radius 3 is 2.73 bits per heavy atom. The van der Waals surface area contributed by atoms with E-state index in [1.165, 1.54) is 12.1 Å². The minimum Gasteiger partial charge on any atom is -0.425 e. The quantitative estimate of drug-likeness (QED) is 0.663. The van der Waals surface area contributed by atoms with Gasteiger partial charge in [0.2, 0.25) is 0 Å². The molecule has 0 aliphatic carbocycles. The maximum Gasteiger partial charge on any atom is 0.388 e. The first-order chi connectivity index (χ1) is 5.22. The zero-order valence-corrected chi connectivity index (χ0v) is 6.11. The first kappa shape index (κ1) is 8.13. The number of carbonyl (C=O) groups excluding carboxylic acids is 1. The van der Waals surface area contributed by atoms with Gasteiger partial charge in [-0.2, -0.15) is 8.78 Å². The van der Waals surface area contributed by atoms with Crippen LogP contribution in [0.1, 0.15) is 9.67 Å². The highest BCUT2D eigenvalue weighted by atomic mass is 32.1. The highest BCUT2D eigenvalue weighted by molar-refractivity contribution is 7.15. The molecule has 0 N–H and O–H groups in total. The van der Waals surface area contributed by atoms with Crippen LogP contribution < -0.4 is 4.74 Å². The van der Waals surface area contributed by atoms with Crippen molar-refractivity contribution in [3.63, 3.8) is 0 Å². The van der Waals surface area contributed by atoms with Crippen molar-refractivity contribution in [2.45, 2.75) is 6.61 Å². The van der Waals surface area contributed by atoms with E-state index in [1.807, 2.05) is 0 Å². The molecule has 0 fully saturated rings. The van der Waals surface area contributed by atoms with Crippen molar-refractivity contribution in [3.8, 4) is 5.06 Å². The van der Waals surface area contributed by atoms with Crippen molar-refractivity contribution in [2.75, 3.05) is 0 Å². The van der Waals surface area contributed by atoms with Crippen molar-refractivity contribution in [2.24, 2.45) is 0 Å². The average Bonchev–Trinajstić information content (AvgIpc) is 2.34. The Hall–Kier alpha value is -0.970. The molecule has 1 heterocycles. The molecule has 0 aromatic carbocycles. The summed E-state index contributed by atoms with van der Waals surface area (Å²) in [7, 11) is 0. The molecule has 0 amide bonds. The molecule has 0 spiro atoms. The van der Waals surface area contributed by atoms with Crippen molar-refractivity contribution in [1.82, 2.24) is 0 Å². The molecule has 1 aromatic heterocycles. The van der Waals surface area contributed by atoms with Gasteiger partial charge in [-0.1, -0.05) is 11.3 Å². The van der Waals surface area contributed by atoms with E-state index in [0.29, 0.717) is 11.2 Å². The molecule has 1 aromatic rings. The Morgan fingerprint density at radius 1 is 1.55 bits per heavy atom. The minimum atomic E-state index is -2.83. The number of carbonyl (C=O) groups is 1. The number of halogens is 2. The Morgan fingerprint density at radius 2 is 2.27 bits per heavy atom. The lowest BCUT2D eigenvalue weighted by Gasteiger charge is -1.97. The maximum absolute atomic E-state index is 11.5. The third-order valence-electron chi connectivity index (χ3n) is 0.924. The molecule has 0 unspecified atom stereocenters. The summed E-state index contributed by atoms with van der Waals surface area (Å²) >= 11 is 0.891. The Labute approximate surface area is 65.4 Å². The Bertz CT molecular complexity index is 246. The van der Waals surface area contributed by atoms with Gasteiger partial charge >= 0.3 is 6.61 Å². The van der Waals surface area contributed by atoms with Gasteiger partial charge in [-0.25, -0.2) is 0 Å². The highest BCUT2D eigenvalue weighted by Gasteiger charge is 2.05. The number of aldehydes is 1. The van der Waals surface area contributed by atoms with Crippen LogP contribution in [0.5, 0.6) is 5.06 Å². The maximum atomic E-state index is 11.5. The molecule has 0 saturated heterocycles. The average molecular weight is 178 g/mol. The van der Waals surface area contributed by atoms with E-state index < -0.39 is 6.61 Å². The molecule has 5 heteroatoms. The smallest absolute Gasteiger partial charge is 0.388 e. The van der Waals surface area contributed by atoms with Crippen LogP contribution in [0.2, 0.25) is 0 Å². The van der Waals surface area contributed by atoms with Gasteiger partial charge in [0.25, 0.3) is 0 Å². The third kappa shape index (κ3) is 2.27. The van der Waals surface area contributed by atoms with Crippen LogP contribution in [0.25, 0.3) is 0 Å². The molecule has 0 atom stereocenters. The molecule has 1 rings (SSSR count). The predicted molar refractivity (Wildman–Crippen MR) is 36.3 cm³/mol. The van der Waals surface area contributed by atoms with E-state index in [2.05, 4.69) is 4.74 Å². The summed E-state index contributed by atoms with van der Waals surface area (Å²) in [6, 6.07) is 2.76. The van der Waals surface area contributed by atoms with Crippen molar-refractivity contribution < 1.29 is 18.3 Å². The van der Waals surface area contributed by atoms with E-state index in [9.17, 15) is 13.6 Å². The largest absolute Gasteiger partial charge is 0.425 e. The number of alkyl halides is 2. The van der Waals surface area contributed by atoms with Gasteiger partial charge in [0.05, 0.1) is 4.88 Å². The molecular formula is C6H4F2O2S. The summed E-state index contributed by atoms with van der Waals surface area (Å²) in [5, 5.41) is 0.0575. The van der Waals surface area contributed by atoms with E-state index in [0.717, 1.165) is 11.3 Å². The molecule has 2 nitrogen and oxygen atoms in total. The van der Waals surface area contributed by atoms with Crippen LogP contribution in [-0.4, -0.2) is 12.9 Å². The van der Waals surface area contributed by atoms with Gasteiger partial charge in [0.1, 0.15) is 0 Å². The van der Waals surface area contributed by atoms with E-state index >= 15 is 0 Å². The van der Waals surface area contributed by atoms with Crippen molar-refractivity contribution >= 4 is 17.6 Å². The topological polar surface area (TPSA) is 26.3 Å². The van der Waals surface area contributed by atoms with Crippen LogP contribution in [0, 0.1) is 0 Å². The van der Waals surface area contributed by atoms with Crippen molar-refractivity contribution in [1.29, 1.82) is 0 Å². The van der Waals surface area contributed by atoms with E-state index in [-0.39, 0.29) is 5.06 Å². The highest BCUT2D eigenvalue weighted by Crippen LogP contribution is 2.24. The third-order valence-corrected chi connectivity index (χ3v) is 1.83. The summed E-state index contributed by atoms with van der Waals surface area (Å²) in [5.74, 6) is 0. The molecule has 0 bridgehead atoms. The second-order valence-electron chi connectivity index (χ2n) is 1.65. The SMILES string of the molecule is O=Cc1ccc(OC(F)F)s1. The number of hydrogen-bond donors (Lipinski definition) is 0. The van der Waals surface area contributed by atoms with Crippen LogP contribution in [0.4, 0.5) is 8.78 Å². The van der Waals surface area contributed by atoms with Gasteiger partial charge in [-0.15, -0.1) is 0 Å². The molecule has 0 radical (unpaired) electrons. The van der Waals surface area contributed by atoms with Crippen molar-refractivity contribution in [3.05, 3.63) is 17.0 Å². The van der Waals surface area contributed by atoms with Gasteiger partial charge in [-0.05, 0) is 12.1 Å². The normalized spacial score (nSPS) is 10.1. The summed E-state index contributed by atoms with van der Waals surface area (Å²) < 4.78 is 27.1. The van der Waals surface area contributed by atoms with E-state index in [1.54, 1.807) is 0 Å². The summed E-state index contributed by atoms with van der Waals surface area (Å²) in [4.78, 5) is 10.4. The lowest BCUT2D eigenvalue weighted by atomic mass is 10.5. The Kier molecular flexibility index (Phi) is 2.53. The number of thiophene rings is 1. The number of rotatable bonds is 3. The monoisotopic (exact) mass is 178 g/mol. The van der Waals surface area contributed by atoms with Crippen LogP contribution in [0.3, 0.4) is 0 Å². The number of hydrogen-bond acceptors (Lipinski definition) is 3. The fourth-order valence-electron chi connectivity index (χ4n) is 0.549. The fraction of sp³-hybridized carbons (Fsp3) is 0.167. The minimum absolute atomic E-state index is 0.0575. The fourth-order valence-corrected chi connectivity index (χ4v) is 1.22. The standard InChI is InChI=1S/C6H4F2O2S/c7-6(8)10-5-2-1-4(3-9)11-5/h1-3,6H. The molecule has 0 aliphatic heterocycles.